The van der Waals surface area contributed by atoms with Crippen molar-refractivity contribution in [2.75, 3.05) is 5.32 Å². The highest BCUT2D eigenvalue weighted by Gasteiger charge is 2.13. The number of rotatable bonds is 3. The van der Waals surface area contributed by atoms with Gasteiger partial charge in [-0.2, -0.15) is 0 Å². The molecule has 0 atom stereocenters. The van der Waals surface area contributed by atoms with Crippen LogP contribution >= 0.6 is 11.3 Å². The molecule has 0 unspecified atom stereocenters. The number of hydrogen-bond donors (Lipinski definition) is 1. The number of aryl methyl sites for hydroxylation is 1. The number of nitrogens with zero attached hydrogens (tertiary/aromatic N) is 4. The second kappa shape index (κ2) is 5.99. The number of thiazole rings is 1. The van der Waals surface area contributed by atoms with E-state index in [0.717, 1.165) is 23.5 Å². The Kier molecular flexibility index (Phi) is 3.76. The van der Waals surface area contributed by atoms with E-state index < -0.39 is 11.6 Å². The largest absolute Gasteiger partial charge is 0.320 e. The van der Waals surface area contributed by atoms with Crippen LogP contribution in [0.1, 0.15) is 0 Å². The molecule has 4 rings (SSSR count). The molecule has 0 aliphatic carbocycles. The van der Waals surface area contributed by atoms with Crippen LogP contribution in [-0.4, -0.2) is 25.0 Å². The molecule has 10 heteroatoms. The molecule has 0 saturated heterocycles. The number of carbonyl (C=O) groups excluding carboxylic acids is 1. The van der Waals surface area contributed by atoms with Gasteiger partial charge in [0.1, 0.15) is 6.54 Å². The fourth-order valence-electron chi connectivity index (χ4n) is 2.59. The van der Waals surface area contributed by atoms with Crippen LogP contribution in [-0.2, 0) is 18.4 Å². The zero-order chi connectivity index (χ0) is 18.4. The minimum Gasteiger partial charge on any atom is -0.320 e. The van der Waals surface area contributed by atoms with Gasteiger partial charge in [-0.3, -0.25) is 14.2 Å². The number of benzene rings is 1. The molecule has 26 heavy (non-hydrogen) atoms. The number of halogens is 2. The van der Waals surface area contributed by atoms with Crippen molar-refractivity contribution in [2.24, 2.45) is 7.05 Å². The van der Waals surface area contributed by atoms with E-state index in [-0.39, 0.29) is 28.7 Å². The summed E-state index contributed by atoms with van der Waals surface area (Å²) in [5.41, 5.74) is 1.18. The lowest BCUT2D eigenvalue weighted by Gasteiger charge is -2.04. The summed E-state index contributed by atoms with van der Waals surface area (Å²) in [6.07, 6.45) is 1.47. The molecule has 0 fully saturated rings. The molecular weight excluding hydrogens is 364 g/mol. The number of hydrogen-bond acceptors (Lipinski definition) is 5. The fraction of sp³-hybridized carbons (Fsp3) is 0.125. The van der Waals surface area contributed by atoms with E-state index in [1.54, 1.807) is 17.7 Å². The minimum absolute atomic E-state index is 0.0483. The summed E-state index contributed by atoms with van der Waals surface area (Å²) in [5.74, 6) is -2.33. The van der Waals surface area contributed by atoms with Crippen molar-refractivity contribution in [1.82, 2.24) is 19.1 Å². The summed E-state index contributed by atoms with van der Waals surface area (Å²) in [6, 6.07) is 5.03. The van der Waals surface area contributed by atoms with Gasteiger partial charge in [-0.15, -0.1) is 0 Å². The van der Waals surface area contributed by atoms with Crippen LogP contribution < -0.4 is 10.9 Å². The van der Waals surface area contributed by atoms with Crippen molar-refractivity contribution in [3.05, 3.63) is 52.6 Å². The number of anilines is 1. The van der Waals surface area contributed by atoms with Gasteiger partial charge in [0, 0.05) is 19.2 Å². The normalized spacial score (nSPS) is 11.3. The number of pyridine rings is 1. The van der Waals surface area contributed by atoms with Gasteiger partial charge >= 0.3 is 0 Å². The molecule has 4 aromatic rings. The molecule has 132 valence electrons. The topological polar surface area (TPSA) is 81.8 Å². The van der Waals surface area contributed by atoms with Crippen LogP contribution in [0.15, 0.2) is 35.4 Å². The van der Waals surface area contributed by atoms with Gasteiger partial charge in [0.2, 0.25) is 5.91 Å². The van der Waals surface area contributed by atoms with Gasteiger partial charge < -0.3 is 9.88 Å². The summed E-state index contributed by atoms with van der Waals surface area (Å²) in [7, 11) is 1.60. The first-order valence-electron chi connectivity index (χ1n) is 7.48. The molecule has 1 N–H and O–H groups in total. The Morgan fingerprint density at radius 2 is 2.04 bits per heavy atom. The van der Waals surface area contributed by atoms with E-state index >= 15 is 0 Å². The number of fused-ring (bicyclic) bond motifs is 2. The van der Waals surface area contributed by atoms with Crippen molar-refractivity contribution in [2.45, 2.75) is 6.54 Å². The Balaban J connectivity index is 1.58. The maximum atomic E-state index is 13.3. The smallest absolute Gasteiger partial charge is 0.252 e. The molecule has 0 saturated carbocycles. The Bertz CT molecular complexity index is 1190. The molecule has 0 aliphatic heterocycles. The van der Waals surface area contributed by atoms with Crippen LogP contribution in [0.5, 0.6) is 0 Å². The number of aromatic nitrogens is 4. The van der Waals surface area contributed by atoms with Crippen LogP contribution in [0.2, 0.25) is 0 Å². The molecule has 0 radical (unpaired) electrons. The van der Waals surface area contributed by atoms with Crippen LogP contribution in [0.3, 0.4) is 0 Å². The van der Waals surface area contributed by atoms with E-state index in [2.05, 4.69) is 15.3 Å². The third kappa shape index (κ3) is 2.73. The number of carbonyl (C=O) groups is 1. The van der Waals surface area contributed by atoms with E-state index in [4.69, 9.17) is 0 Å². The van der Waals surface area contributed by atoms with Crippen LogP contribution in [0.25, 0.3) is 21.4 Å². The second-order valence-corrected chi connectivity index (χ2v) is 6.64. The summed E-state index contributed by atoms with van der Waals surface area (Å²) in [4.78, 5) is 32.1. The Labute approximate surface area is 148 Å². The highest BCUT2D eigenvalue weighted by atomic mass is 32.1. The summed E-state index contributed by atoms with van der Waals surface area (Å²) in [5, 5.41) is 2.85. The monoisotopic (exact) mass is 375 g/mol. The average molecular weight is 375 g/mol. The second-order valence-electron chi connectivity index (χ2n) is 5.61. The standard InChI is InChI=1S/C16H11F2N5O2S/c1-22-14(25)3-2-11-15(22)19-7-23(11)6-13(24)21-16-20-10-4-8(17)9(18)5-12(10)26-16/h2-5,7H,6H2,1H3,(H,20,21,24). The number of imidazole rings is 1. The molecule has 1 amide bonds. The molecule has 3 aromatic heterocycles. The van der Waals surface area contributed by atoms with Gasteiger partial charge in [-0.25, -0.2) is 18.7 Å². The van der Waals surface area contributed by atoms with Crippen molar-refractivity contribution >= 4 is 43.8 Å². The Hall–Kier alpha value is -3.14. The number of amides is 1. The molecular formula is C16H11F2N5O2S. The van der Waals surface area contributed by atoms with Crippen molar-refractivity contribution in [3.8, 4) is 0 Å². The fourth-order valence-corrected chi connectivity index (χ4v) is 3.48. The lowest BCUT2D eigenvalue weighted by Crippen LogP contribution is -2.19. The van der Waals surface area contributed by atoms with Crippen molar-refractivity contribution in [1.29, 1.82) is 0 Å². The predicted octanol–water partition coefficient (Wildman–Crippen LogP) is 2.26. The van der Waals surface area contributed by atoms with E-state index in [0.29, 0.717) is 15.9 Å². The highest BCUT2D eigenvalue weighted by molar-refractivity contribution is 7.22. The zero-order valence-corrected chi connectivity index (χ0v) is 14.2. The lowest BCUT2D eigenvalue weighted by atomic mass is 10.3. The summed E-state index contributed by atoms with van der Waals surface area (Å²) in [6.45, 7) is -0.0483. The quantitative estimate of drug-likeness (QED) is 0.596. The molecule has 0 bridgehead atoms. The third-order valence-corrected chi connectivity index (χ3v) is 4.81. The van der Waals surface area contributed by atoms with Crippen LogP contribution in [0.4, 0.5) is 13.9 Å². The van der Waals surface area contributed by atoms with Gasteiger partial charge in [0.25, 0.3) is 5.56 Å². The van der Waals surface area contributed by atoms with Gasteiger partial charge in [-0.1, -0.05) is 11.3 Å². The number of nitrogens with one attached hydrogen (secondary N) is 1. The zero-order valence-electron chi connectivity index (χ0n) is 13.4. The average Bonchev–Trinajstić information content (AvgIpc) is 3.15. The molecule has 0 aliphatic rings. The molecule has 7 nitrogen and oxygen atoms in total. The lowest BCUT2D eigenvalue weighted by molar-refractivity contribution is -0.116. The predicted molar refractivity (Wildman–Crippen MR) is 93.1 cm³/mol. The first-order valence-corrected chi connectivity index (χ1v) is 8.30. The van der Waals surface area contributed by atoms with Crippen LogP contribution in [0, 0.1) is 11.6 Å². The minimum atomic E-state index is -0.990. The SMILES string of the molecule is Cn1c(=O)ccc2c1ncn2CC(=O)Nc1nc2cc(F)c(F)cc2s1. The van der Waals surface area contributed by atoms with Gasteiger partial charge in [0.05, 0.1) is 22.1 Å². The Morgan fingerprint density at radius 3 is 2.85 bits per heavy atom. The van der Waals surface area contributed by atoms with Crippen molar-refractivity contribution < 1.29 is 13.6 Å². The maximum Gasteiger partial charge on any atom is 0.252 e. The summed E-state index contributed by atoms with van der Waals surface area (Å²) >= 11 is 1.05. The van der Waals surface area contributed by atoms with Gasteiger partial charge in [-0.05, 0) is 12.1 Å². The van der Waals surface area contributed by atoms with E-state index in [1.165, 1.54) is 17.0 Å². The first kappa shape index (κ1) is 16.3. The molecule has 0 spiro atoms. The Morgan fingerprint density at radius 1 is 1.27 bits per heavy atom. The molecule has 1 aromatic carbocycles. The van der Waals surface area contributed by atoms with Gasteiger partial charge in [0.15, 0.2) is 22.4 Å². The van der Waals surface area contributed by atoms with Crippen molar-refractivity contribution in [3.63, 3.8) is 0 Å². The first-order chi connectivity index (χ1) is 12.4. The summed E-state index contributed by atoms with van der Waals surface area (Å²) < 4.78 is 29.9. The third-order valence-electron chi connectivity index (χ3n) is 3.88. The highest BCUT2D eigenvalue weighted by Crippen LogP contribution is 2.27. The van der Waals surface area contributed by atoms with E-state index in [1.807, 2.05) is 0 Å². The molecule has 3 heterocycles. The van der Waals surface area contributed by atoms with E-state index in [9.17, 15) is 18.4 Å². The maximum absolute atomic E-state index is 13.3.